The molecule has 2 aromatic rings. The van der Waals surface area contributed by atoms with Gasteiger partial charge in [-0.05, 0) is 55.3 Å². The normalized spacial score (nSPS) is 10.7. The Labute approximate surface area is 133 Å². The first kappa shape index (κ1) is 16.0. The number of rotatable bonds is 6. The molecule has 0 atom stereocenters. The van der Waals surface area contributed by atoms with Crippen molar-refractivity contribution < 1.29 is 9.13 Å². The summed E-state index contributed by atoms with van der Waals surface area (Å²) >= 11 is 3.42. The Morgan fingerprint density at radius 3 is 2.76 bits per heavy atom. The van der Waals surface area contributed by atoms with Gasteiger partial charge in [0.15, 0.2) is 0 Å². The molecule has 0 bridgehead atoms. The summed E-state index contributed by atoms with van der Waals surface area (Å²) in [6.07, 6.45) is 1.05. The summed E-state index contributed by atoms with van der Waals surface area (Å²) in [6.45, 7) is 5.62. The van der Waals surface area contributed by atoms with E-state index in [0.717, 1.165) is 34.3 Å². The standard InChI is InChI=1S/C17H19BrFNO/c1-3-6-20-11-13-7-15(19)10-16(8-13)21-17-9-14(18)5-4-12(17)2/h4-5,7-10,20H,3,6,11H2,1-2H3. The third-order valence-electron chi connectivity index (χ3n) is 3.06. The van der Waals surface area contributed by atoms with E-state index in [9.17, 15) is 4.39 Å². The van der Waals surface area contributed by atoms with Crippen molar-refractivity contribution in [3.8, 4) is 11.5 Å². The van der Waals surface area contributed by atoms with Gasteiger partial charge in [0.2, 0.25) is 0 Å². The lowest BCUT2D eigenvalue weighted by molar-refractivity contribution is 0.471. The van der Waals surface area contributed by atoms with Crippen molar-refractivity contribution in [2.45, 2.75) is 26.8 Å². The molecule has 2 rings (SSSR count). The van der Waals surface area contributed by atoms with E-state index in [4.69, 9.17) is 4.74 Å². The number of hydrogen-bond donors (Lipinski definition) is 1. The molecule has 1 N–H and O–H groups in total. The Morgan fingerprint density at radius 1 is 1.19 bits per heavy atom. The van der Waals surface area contributed by atoms with Gasteiger partial charge in [0.1, 0.15) is 17.3 Å². The van der Waals surface area contributed by atoms with Crippen molar-refractivity contribution in [1.82, 2.24) is 5.32 Å². The van der Waals surface area contributed by atoms with Crippen LogP contribution in [0.25, 0.3) is 0 Å². The smallest absolute Gasteiger partial charge is 0.131 e. The van der Waals surface area contributed by atoms with Gasteiger partial charge >= 0.3 is 0 Å². The second-order valence-corrected chi connectivity index (χ2v) is 5.90. The molecule has 0 aliphatic rings. The number of halogens is 2. The van der Waals surface area contributed by atoms with Crippen LogP contribution in [-0.4, -0.2) is 6.54 Å². The fourth-order valence-corrected chi connectivity index (χ4v) is 2.34. The van der Waals surface area contributed by atoms with Crippen molar-refractivity contribution in [2.24, 2.45) is 0 Å². The molecule has 4 heteroatoms. The fourth-order valence-electron chi connectivity index (χ4n) is 2.00. The van der Waals surface area contributed by atoms with Crippen LogP contribution in [-0.2, 0) is 6.54 Å². The highest BCUT2D eigenvalue weighted by Gasteiger charge is 2.06. The Morgan fingerprint density at radius 2 is 2.00 bits per heavy atom. The van der Waals surface area contributed by atoms with E-state index < -0.39 is 0 Å². The lowest BCUT2D eigenvalue weighted by Gasteiger charge is -2.11. The Kier molecular flexibility index (Phi) is 5.76. The molecule has 0 spiro atoms. The SMILES string of the molecule is CCCNCc1cc(F)cc(Oc2cc(Br)ccc2C)c1. The Hall–Kier alpha value is -1.39. The zero-order chi connectivity index (χ0) is 15.2. The maximum Gasteiger partial charge on any atom is 0.131 e. The minimum absolute atomic E-state index is 0.284. The molecule has 0 saturated carbocycles. The molecule has 21 heavy (non-hydrogen) atoms. The average molecular weight is 352 g/mol. The number of benzene rings is 2. The first-order valence-electron chi connectivity index (χ1n) is 7.02. The maximum atomic E-state index is 13.7. The first-order chi connectivity index (χ1) is 10.1. The predicted molar refractivity (Wildman–Crippen MR) is 87.4 cm³/mol. The monoisotopic (exact) mass is 351 g/mol. The average Bonchev–Trinajstić information content (AvgIpc) is 2.43. The van der Waals surface area contributed by atoms with Crippen molar-refractivity contribution in [3.05, 3.63) is 57.8 Å². The summed E-state index contributed by atoms with van der Waals surface area (Å²) in [7, 11) is 0. The van der Waals surface area contributed by atoms with E-state index in [2.05, 4.69) is 28.2 Å². The highest BCUT2D eigenvalue weighted by Crippen LogP contribution is 2.29. The fraction of sp³-hybridized carbons (Fsp3) is 0.294. The van der Waals surface area contributed by atoms with Gasteiger partial charge in [-0.3, -0.25) is 0 Å². The molecule has 0 unspecified atom stereocenters. The van der Waals surface area contributed by atoms with E-state index in [1.165, 1.54) is 12.1 Å². The predicted octanol–water partition coefficient (Wildman–Crippen LogP) is 5.19. The van der Waals surface area contributed by atoms with Crippen LogP contribution in [0.4, 0.5) is 4.39 Å². The van der Waals surface area contributed by atoms with E-state index in [-0.39, 0.29) is 5.82 Å². The summed E-state index contributed by atoms with van der Waals surface area (Å²) in [5, 5.41) is 3.26. The molecule has 0 fully saturated rings. The lowest BCUT2D eigenvalue weighted by atomic mass is 10.2. The van der Waals surface area contributed by atoms with Crippen LogP contribution in [0, 0.1) is 12.7 Å². The zero-order valence-electron chi connectivity index (χ0n) is 12.2. The van der Waals surface area contributed by atoms with Crippen LogP contribution >= 0.6 is 15.9 Å². The molecule has 2 aromatic carbocycles. The molecule has 0 aromatic heterocycles. The van der Waals surface area contributed by atoms with Crippen LogP contribution < -0.4 is 10.1 Å². The largest absolute Gasteiger partial charge is 0.457 e. The quantitative estimate of drug-likeness (QED) is 0.723. The summed E-state index contributed by atoms with van der Waals surface area (Å²) in [5.41, 5.74) is 1.89. The second-order valence-electron chi connectivity index (χ2n) is 4.98. The van der Waals surface area contributed by atoms with Gasteiger partial charge in [0.05, 0.1) is 0 Å². The third kappa shape index (κ3) is 4.83. The number of hydrogen-bond acceptors (Lipinski definition) is 2. The van der Waals surface area contributed by atoms with Crippen LogP contribution in [0.1, 0.15) is 24.5 Å². The topological polar surface area (TPSA) is 21.3 Å². The van der Waals surface area contributed by atoms with Crippen molar-refractivity contribution in [2.75, 3.05) is 6.54 Å². The zero-order valence-corrected chi connectivity index (χ0v) is 13.8. The Balaban J connectivity index is 2.17. The minimum Gasteiger partial charge on any atom is -0.457 e. The highest BCUT2D eigenvalue weighted by molar-refractivity contribution is 9.10. The highest BCUT2D eigenvalue weighted by atomic mass is 79.9. The summed E-state index contributed by atoms with van der Waals surface area (Å²) in [5.74, 6) is 0.959. The molecule has 0 aliphatic carbocycles. The van der Waals surface area contributed by atoms with Crippen LogP contribution in [0.5, 0.6) is 11.5 Å². The molecule has 0 amide bonds. The minimum atomic E-state index is -0.284. The molecule has 2 nitrogen and oxygen atoms in total. The molecule has 112 valence electrons. The molecule has 0 heterocycles. The van der Waals surface area contributed by atoms with Crippen LogP contribution in [0.15, 0.2) is 40.9 Å². The van der Waals surface area contributed by atoms with Gasteiger partial charge in [0, 0.05) is 17.1 Å². The van der Waals surface area contributed by atoms with Crippen LogP contribution in [0.2, 0.25) is 0 Å². The maximum absolute atomic E-state index is 13.7. The third-order valence-corrected chi connectivity index (χ3v) is 3.56. The van der Waals surface area contributed by atoms with Crippen molar-refractivity contribution in [1.29, 1.82) is 0 Å². The summed E-state index contributed by atoms with van der Waals surface area (Å²) in [6, 6.07) is 10.6. The van der Waals surface area contributed by atoms with E-state index in [1.807, 2.05) is 31.2 Å². The molecular formula is C17H19BrFNO. The van der Waals surface area contributed by atoms with E-state index in [0.29, 0.717) is 12.3 Å². The summed E-state index contributed by atoms with van der Waals surface area (Å²) in [4.78, 5) is 0. The molecule has 0 radical (unpaired) electrons. The van der Waals surface area contributed by atoms with Crippen molar-refractivity contribution >= 4 is 15.9 Å². The van der Waals surface area contributed by atoms with Gasteiger partial charge in [-0.25, -0.2) is 4.39 Å². The molecular weight excluding hydrogens is 333 g/mol. The summed E-state index contributed by atoms with van der Waals surface area (Å²) < 4.78 is 20.5. The number of ether oxygens (including phenoxy) is 1. The second kappa shape index (κ2) is 7.57. The van der Waals surface area contributed by atoms with Gasteiger partial charge in [0.25, 0.3) is 0 Å². The van der Waals surface area contributed by atoms with Gasteiger partial charge in [-0.2, -0.15) is 0 Å². The van der Waals surface area contributed by atoms with Crippen molar-refractivity contribution in [3.63, 3.8) is 0 Å². The Bertz CT molecular complexity index is 616. The number of aryl methyl sites for hydroxylation is 1. The lowest BCUT2D eigenvalue weighted by Crippen LogP contribution is -2.13. The van der Waals surface area contributed by atoms with E-state index >= 15 is 0 Å². The first-order valence-corrected chi connectivity index (χ1v) is 7.82. The van der Waals surface area contributed by atoms with E-state index in [1.54, 1.807) is 0 Å². The van der Waals surface area contributed by atoms with Gasteiger partial charge in [-0.1, -0.05) is 28.9 Å². The van der Waals surface area contributed by atoms with Crippen LogP contribution in [0.3, 0.4) is 0 Å². The molecule has 0 aliphatic heterocycles. The number of nitrogens with one attached hydrogen (secondary N) is 1. The molecule has 0 saturated heterocycles. The van der Waals surface area contributed by atoms with Gasteiger partial charge in [-0.15, -0.1) is 0 Å². The van der Waals surface area contributed by atoms with Gasteiger partial charge < -0.3 is 10.1 Å².